The van der Waals surface area contributed by atoms with E-state index in [1.807, 2.05) is 0 Å². The number of hydrogen-bond donors (Lipinski definition) is 2. The number of esters is 2. The van der Waals surface area contributed by atoms with E-state index in [-0.39, 0.29) is 6.61 Å². The zero-order chi connectivity index (χ0) is 18.1. The Kier molecular flexibility index (Phi) is 6.47. The first kappa shape index (κ1) is 17.9. The van der Waals surface area contributed by atoms with Crippen LogP contribution >= 0.6 is 0 Å². The number of carbonyl (C=O) groups is 2. The number of H-pyrrole nitrogens is 2. The van der Waals surface area contributed by atoms with Crippen LogP contribution in [0.4, 0.5) is 0 Å². The van der Waals surface area contributed by atoms with Gasteiger partial charge in [0.1, 0.15) is 5.75 Å². The van der Waals surface area contributed by atoms with Gasteiger partial charge in [-0.25, -0.2) is 14.4 Å². The van der Waals surface area contributed by atoms with Gasteiger partial charge in [0.25, 0.3) is 5.56 Å². The molecule has 2 N–H and O–H groups in total. The lowest BCUT2D eigenvalue weighted by Gasteiger charge is -2.02. The summed E-state index contributed by atoms with van der Waals surface area (Å²) in [5, 5.41) is 0. The van der Waals surface area contributed by atoms with Crippen LogP contribution in [-0.2, 0) is 20.7 Å². The molecular weight excluding hydrogens is 328 g/mol. The van der Waals surface area contributed by atoms with Crippen LogP contribution in [-0.4, -0.2) is 28.5 Å². The van der Waals surface area contributed by atoms with E-state index in [2.05, 4.69) is 9.97 Å². The largest absolute Gasteiger partial charge is 0.463 e. The summed E-state index contributed by atoms with van der Waals surface area (Å²) in [5.74, 6) is -1.01. The maximum atomic E-state index is 11.5. The summed E-state index contributed by atoms with van der Waals surface area (Å²) in [6.45, 7) is 0.0751. The summed E-state index contributed by atoms with van der Waals surface area (Å²) in [6.07, 6.45) is 2.73. The van der Waals surface area contributed by atoms with Crippen molar-refractivity contribution in [3.63, 3.8) is 0 Å². The van der Waals surface area contributed by atoms with Gasteiger partial charge >= 0.3 is 17.6 Å². The highest BCUT2D eigenvalue weighted by Crippen LogP contribution is 2.08. The molecule has 1 heterocycles. The first-order valence-electron chi connectivity index (χ1n) is 7.47. The number of benzene rings is 1. The predicted molar refractivity (Wildman–Crippen MR) is 88.2 cm³/mol. The predicted octanol–water partition coefficient (Wildman–Crippen LogP) is 0.701. The molecule has 0 spiro atoms. The van der Waals surface area contributed by atoms with Gasteiger partial charge in [-0.2, -0.15) is 0 Å². The standard InChI is InChI=1S/C17H16N2O6/c20-14-11-12(18-17(23)19-14)5-4-10-24-15(21)8-9-16(22)25-13-6-2-1-3-7-13/h1-3,6-9,11H,4-5,10H2,(H2,18,19,20,23)/b9-8+. The van der Waals surface area contributed by atoms with E-state index >= 15 is 0 Å². The molecule has 0 aliphatic heterocycles. The highest BCUT2D eigenvalue weighted by Gasteiger charge is 2.03. The topological polar surface area (TPSA) is 118 Å². The minimum Gasteiger partial charge on any atom is -0.463 e. The van der Waals surface area contributed by atoms with E-state index in [1.165, 1.54) is 6.07 Å². The van der Waals surface area contributed by atoms with Crippen LogP contribution < -0.4 is 16.0 Å². The smallest absolute Gasteiger partial charge is 0.336 e. The van der Waals surface area contributed by atoms with Crippen LogP contribution in [0.3, 0.4) is 0 Å². The average Bonchev–Trinajstić information content (AvgIpc) is 2.57. The van der Waals surface area contributed by atoms with Crippen molar-refractivity contribution in [2.24, 2.45) is 0 Å². The third-order valence-corrected chi connectivity index (χ3v) is 2.97. The second-order valence-corrected chi connectivity index (χ2v) is 4.95. The summed E-state index contributed by atoms with van der Waals surface area (Å²) >= 11 is 0. The lowest BCUT2D eigenvalue weighted by atomic mass is 10.2. The minimum absolute atomic E-state index is 0.0751. The van der Waals surface area contributed by atoms with Crippen molar-refractivity contribution in [3.8, 4) is 5.75 Å². The molecule has 2 aromatic rings. The molecule has 0 atom stereocenters. The molecular formula is C17H16N2O6. The number of aromatic amines is 2. The highest BCUT2D eigenvalue weighted by atomic mass is 16.5. The Bertz CT molecular complexity index is 838. The number of para-hydroxylation sites is 1. The van der Waals surface area contributed by atoms with Gasteiger partial charge in [-0.15, -0.1) is 0 Å². The number of ether oxygens (including phenoxy) is 2. The number of hydrogen-bond acceptors (Lipinski definition) is 6. The monoisotopic (exact) mass is 344 g/mol. The van der Waals surface area contributed by atoms with Crippen molar-refractivity contribution in [2.75, 3.05) is 6.61 Å². The van der Waals surface area contributed by atoms with Crippen molar-refractivity contribution in [1.29, 1.82) is 0 Å². The molecule has 8 heteroatoms. The third-order valence-electron chi connectivity index (χ3n) is 2.97. The van der Waals surface area contributed by atoms with Gasteiger partial charge < -0.3 is 14.5 Å². The summed E-state index contributed by atoms with van der Waals surface area (Å²) in [6, 6.07) is 9.71. The first-order chi connectivity index (χ1) is 12.0. The van der Waals surface area contributed by atoms with Gasteiger partial charge in [-0.1, -0.05) is 18.2 Å². The molecule has 1 aromatic heterocycles. The number of rotatable bonds is 7. The molecule has 0 aliphatic rings. The van der Waals surface area contributed by atoms with Crippen molar-refractivity contribution in [2.45, 2.75) is 12.8 Å². The molecule has 130 valence electrons. The van der Waals surface area contributed by atoms with E-state index in [9.17, 15) is 19.2 Å². The van der Waals surface area contributed by atoms with Crippen molar-refractivity contribution >= 4 is 11.9 Å². The zero-order valence-corrected chi connectivity index (χ0v) is 13.2. The Morgan fingerprint density at radius 3 is 2.44 bits per heavy atom. The third kappa shape index (κ3) is 6.69. The SMILES string of the molecule is O=C(/C=C/C(=O)Oc1ccccc1)OCCCc1cc(=O)[nH]c(=O)[nH]1. The molecule has 0 saturated heterocycles. The molecule has 25 heavy (non-hydrogen) atoms. The van der Waals surface area contributed by atoms with Gasteiger partial charge in [0.2, 0.25) is 0 Å². The summed E-state index contributed by atoms with van der Waals surface area (Å²) in [5.41, 5.74) is -0.623. The van der Waals surface area contributed by atoms with Gasteiger partial charge in [-0.05, 0) is 25.0 Å². The second-order valence-electron chi connectivity index (χ2n) is 4.95. The van der Waals surface area contributed by atoms with Crippen LogP contribution in [0.2, 0.25) is 0 Å². The molecule has 2 rings (SSSR count). The van der Waals surface area contributed by atoms with Crippen LogP contribution in [0, 0.1) is 0 Å². The van der Waals surface area contributed by atoms with Crippen LogP contribution in [0.25, 0.3) is 0 Å². The van der Waals surface area contributed by atoms with Crippen LogP contribution in [0.5, 0.6) is 5.75 Å². The normalized spacial score (nSPS) is 10.6. The fraction of sp³-hybridized carbons (Fsp3) is 0.176. The van der Waals surface area contributed by atoms with Gasteiger partial charge in [0.05, 0.1) is 6.61 Å². The number of aromatic nitrogens is 2. The highest BCUT2D eigenvalue weighted by molar-refractivity contribution is 5.92. The summed E-state index contributed by atoms with van der Waals surface area (Å²) < 4.78 is 9.88. The Morgan fingerprint density at radius 2 is 1.72 bits per heavy atom. The van der Waals surface area contributed by atoms with Crippen LogP contribution in [0.15, 0.2) is 58.1 Å². The fourth-order valence-corrected chi connectivity index (χ4v) is 1.91. The number of nitrogens with one attached hydrogen (secondary N) is 2. The van der Waals surface area contributed by atoms with E-state index in [0.717, 1.165) is 12.2 Å². The quantitative estimate of drug-likeness (QED) is 0.330. The minimum atomic E-state index is -0.691. The van der Waals surface area contributed by atoms with E-state index < -0.39 is 23.2 Å². The van der Waals surface area contributed by atoms with Gasteiger partial charge in [0.15, 0.2) is 0 Å². The lowest BCUT2D eigenvalue weighted by Crippen LogP contribution is -2.23. The molecule has 0 radical (unpaired) electrons. The molecule has 0 amide bonds. The molecule has 0 aliphatic carbocycles. The van der Waals surface area contributed by atoms with Crippen molar-refractivity contribution in [1.82, 2.24) is 9.97 Å². The zero-order valence-electron chi connectivity index (χ0n) is 13.2. The van der Waals surface area contributed by atoms with Gasteiger partial charge in [-0.3, -0.25) is 9.78 Å². The van der Waals surface area contributed by atoms with Crippen molar-refractivity contribution < 1.29 is 19.1 Å². The number of aryl methyl sites for hydroxylation is 1. The maximum absolute atomic E-state index is 11.5. The number of carbonyl (C=O) groups excluding carboxylic acids is 2. The Balaban J connectivity index is 1.70. The summed E-state index contributed by atoms with van der Waals surface area (Å²) in [4.78, 5) is 49.7. The Morgan fingerprint density at radius 1 is 1.00 bits per heavy atom. The summed E-state index contributed by atoms with van der Waals surface area (Å²) in [7, 11) is 0. The molecule has 8 nitrogen and oxygen atoms in total. The van der Waals surface area contributed by atoms with E-state index in [4.69, 9.17) is 9.47 Å². The molecule has 0 unspecified atom stereocenters. The van der Waals surface area contributed by atoms with Crippen molar-refractivity contribution in [3.05, 3.63) is 75.1 Å². The molecule has 0 saturated carbocycles. The molecule has 0 fully saturated rings. The Hall–Kier alpha value is -3.42. The van der Waals surface area contributed by atoms with Crippen LogP contribution in [0.1, 0.15) is 12.1 Å². The Labute approximate surface area is 142 Å². The molecule has 0 bridgehead atoms. The average molecular weight is 344 g/mol. The maximum Gasteiger partial charge on any atom is 0.336 e. The van der Waals surface area contributed by atoms with E-state index in [1.54, 1.807) is 30.3 Å². The first-order valence-corrected chi connectivity index (χ1v) is 7.47. The van der Waals surface area contributed by atoms with E-state index in [0.29, 0.717) is 24.3 Å². The van der Waals surface area contributed by atoms with Gasteiger partial charge in [0, 0.05) is 23.9 Å². The fourth-order valence-electron chi connectivity index (χ4n) is 1.91. The molecule has 1 aromatic carbocycles. The lowest BCUT2D eigenvalue weighted by molar-refractivity contribution is -0.138. The second kappa shape index (κ2) is 9.02.